The molecule has 0 aliphatic carbocycles. The van der Waals surface area contributed by atoms with Crippen molar-refractivity contribution in [2.24, 2.45) is 7.05 Å². The highest BCUT2D eigenvalue weighted by molar-refractivity contribution is 6.08. The average molecular weight is 270 g/mol. The average Bonchev–Trinajstić information content (AvgIpc) is 2.75. The highest BCUT2D eigenvalue weighted by Crippen LogP contribution is 2.27. The third kappa shape index (κ3) is 1.85. The first-order valence-corrected chi connectivity index (χ1v) is 6.30. The molecule has 102 valence electrons. The Hall–Kier alpha value is -2.63. The van der Waals surface area contributed by atoms with E-state index in [1.165, 1.54) is 4.90 Å². The van der Waals surface area contributed by atoms with Gasteiger partial charge in [0.1, 0.15) is 0 Å². The molecule has 20 heavy (non-hydrogen) atoms. The predicted octanol–water partition coefficient (Wildman–Crippen LogP) is 1.66. The van der Waals surface area contributed by atoms with Crippen LogP contribution in [0.2, 0.25) is 0 Å². The lowest BCUT2D eigenvalue weighted by Crippen LogP contribution is -2.49. The number of carbonyl (C=O) groups excluding carboxylic acids is 2. The minimum absolute atomic E-state index is 0.250. The standard InChI is InChI=1S/C14H14N4O2/c1-3-9-4-5-10-11(8-9)17(2)16-13(10)18-7-6-12(19)15-14(18)20/h3-5,8H,1,6-7H2,2H3,(H,15,19,20). The maximum Gasteiger partial charge on any atom is 0.329 e. The van der Waals surface area contributed by atoms with Crippen LogP contribution in [0.15, 0.2) is 24.8 Å². The Labute approximate surface area is 115 Å². The second kappa shape index (κ2) is 4.48. The lowest BCUT2D eigenvalue weighted by atomic mass is 10.1. The molecule has 0 unspecified atom stereocenters. The van der Waals surface area contributed by atoms with E-state index in [0.717, 1.165) is 16.5 Å². The molecule has 6 heteroatoms. The molecule has 6 nitrogen and oxygen atoms in total. The van der Waals surface area contributed by atoms with Crippen LogP contribution in [0.3, 0.4) is 0 Å². The molecular formula is C14H14N4O2. The number of nitrogens with one attached hydrogen (secondary N) is 1. The van der Waals surface area contributed by atoms with Crippen LogP contribution < -0.4 is 10.2 Å². The van der Waals surface area contributed by atoms with Gasteiger partial charge in [0.2, 0.25) is 5.91 Å². The molecule has 0 radical (unpaired) electrons. The van der Waals surface area contributed by atoms with E-state index in [0.29, 0.717) is 12.4 Å². The molecule has 0 atom stereocenters. The van der Waals surface area contributed by atoms with E-state index in [1.54, 1.807) is 10.8 Å². The van der Waals surface area contributed by atoms with Gasteiger partial charge in [-0.2, -0.15) is 5.10 Å². The van der Waals surface area contributed by atoms with E-state index in [2.05, 4.69) is 17.0 Å². The summed E-state index contributed by atoms with van der Waals surface area (Å²) >= 11 is 0. The van der Waals surface area contributed by atoms with Crippen LogP contribution in [-0.4, -0.2) is 28.3 Å². The number of urea groups is 1. The Morgan fingerprint density at radius 2 is 2.20 bits per heavy atom. The van der Waals surface area contributed by atoms with Gasteiger partial charge in [-0.1, -0.05) is 18.7 Å². The smallest absolute Gasteiger partial charge is 0.278 e. The van der Waals surface area contributed by atoms with Crippen LogP contribution in [0.5, 0.6) is 0 Å². The summed E-state index contributed by atoms with van der Waals surface area (Å²) in [5.74, 6) is 0.323. The van der Waals surface area contributed by atoms with Crippen LogP contribution in [-0.2, 0) is 11.8 Å². The van der Waals surface area contributed by atoms with Crippen molar-refractivity contribution < 1.29 is 9.59 Å². The Bertz CT molecular complexity index is 732. The summed E-state index contributed by atoms with van der Waals surface area (Å²) in [6.07, 6.45) is 2.05. The number of nitrogens with zero attached hydrogens (tertiary/aromatic N) is 3. The second-order valence-corrected chi connectivity index (χ2v) is 4.68. The maximum absolute atomic E-state index is 11.9. The molecule has 1 N–H and O–H groups in total. The number of carbonyl (C=O) groups is 2. The van der Waals surface area contributed by atoms with Crippen molar-refractivity contribution in [2.75, 3.05) is 11.4 Å². The van der Waals surface area contributed by atoms with Crippen molar-refractivity contribution >= 4 is 34.7 Å². The molecule has 2 aromatic rings. The number of rotatable bonds is 2. The number of fused-ring (bicyclic) bond motifs is 1. The molecule has 0 spiro atoms. The Morgan fingerprint density at radius 1 is 1.40 bits per heavy atom. The number of aromatic nitrogens is 2. The summed E-state index contributed by atoms with van der Waals surface area (Å²) in [4.78, 5) is 24.6. The molecule has 3 amide bonds. The van der Waals surface area contributed by atoms with E-state index < -0.39 is 6.03 Å². The fourth-order valence-electron chi connectivity index (χ4n) is 2.35. The van der Waals surface area contributed by atoms with E-state index in [1.807, 2.05) is 25.2 Å². The molecule has 2 heterocycles. The van der Waals surface area contributed by atoms with E-state index in [-0.39, 0.29) is 12.3 Å². The SMILES string of the molecule is C=Cc1ccc2c(N3CCC(=O)NC3=O)nn(C)c2c1. The number of imide groups is 1. The largest absolute Gasteiger partial charge is 0.329 e. The van der Waals surface area contributed by atoms with Gasteiger partial charge >= 0.3 is 6.03 Å². The summed E-state index contributed by atoms with van der Waals surface area (Å²) in [7, 11) is 1.83. The number of anilines is 1. The minimum atomic E-state index is -0.422. The van der Waals surface area contributed by atoms with E-state index >= 15 is 0 Å². The molecule has 1 aromatic carbocycles. The summed E-state index contributed by atoms with van der Waals surface area (Å²) in [5, 5.41) is 7.58. The fourth-order valence-corrected chi connectivity index (χ4v) is 2.35. The highest BCUT2D eigenvalue weighted by atomic mass is 16.2. The van der Waals surface area contributed by atoms with Gasteiger partial charge in [-0.25, -0.2) is 4.79 Å². The number of amides is 3. The minimum Gasteiger partial charge on any atom is -0.278 e. The van der Waals surface area contributed by atoms with Gasteiger partial charge in [-0.3, -0.25) is 19.7 Å². The van der Waals surface area contributed by atoms with Gasteiger partial charge in [0.05, 0.1) is 5.52 Å². The molecule has 1 aromatic heterocycles. The van der Waals surface area contributed by atoms with E-state index in [9.17, 15) is 9.59 Å². The molecule has 0 bridgehead atoms. The van der Waals surface area contributed by atoms with Crippen molar-refractivity contribution in [2.45, 2.75) is 6.42 Å². The monoisotopic (exact) mass is 270 g/mol. The zero-order valence-electron chi connectivity index (χ0n) is 11.1. The van der Waals surface area contributed by atoms with Crippen molar-refractivity contribution in [1.82, 2.24) is 15.1 Å². The fraction of sp³-hybridized carbons (Fsp3) is 0.214. The third-order valence-corrected chi connectivity index (χ3v) is 3.40. The van der Waals surface area contributed by atoms with Crippen molar-refractivity contribution in [3.63, 3.8) is 0 Å². The topological polar surface area (TPSA) is 67.2 Å². The Balaban J connectivity index is 2.10. The summed E-state index contributed by atoms with van der Waals surface area (Å²) in [6.45, 7) is 4.09. The van der Waals surface area contributed by atoms with Crippen molar-refractivity contribution in [3.8, 4) is 0 Å². The van der Waals surface area contributed by atoms with Gasteiger partial charge in [-0.05, 0) is 17.7 Å². The third-order valence-electron chi connectivity index (χ3n) is 3.40. The quantitative estimate of drug-likeness (QED) is 0.902. The zero-order valence-corrected chi connectivity index (χ0v) is 11.1. The summed E-state index contributed by atoms with van der Waals surface area (Å²) in [6, 6.07) is 5.38. The Morgan fingerprint density at radius 3 is 2.90 bits per heavy atom. The first kappa shape index (κ1) is 12.4. The first-order valence-electron chi connectivity index (χ1n) is 6.30. The highest BCUT2D eigenvalue weighted by Gasteiger charge is 2.27. The van der Waals surface area contributed by atoms with Crippen LogP contribution in [0, 0.1) is 0 Å². The molecule has 3 rings (SSSR count). The number of hydrogen-bond donors (Lipinski definition) is 1. The molecular weight excluding hydrogens is 256 g/mol. The van der Waals surface area contributed by atoms with Crippen molar-refractivity contribution in [1.29, 1.82) is 0 Å². The van der Waals surface area contributed by atoms with Gasteiger partial charge in [-0.15, -0.1) is 0 Å². The van der Waals surface area contributed by atoms with Crippen molar-refractivity contribution in [3.05, 3.63) is 30.3 Å². The molecule has 1 aliphatic heterocycles. The van der Waals surface area contributed by atoms with Crippen LogP contribution in [0.1, 0.15) is 12.0 Å². The molecule has 1 aliphatic rings. The van der Waals surface area contributed by atoms with Gasteiger partial charge in [0, 0.05) is 25.4 Å². The first-order chi connectivity index (χ1) is 9.60. The second-order valence-electron chi connectivity index (χ2n) is 4.68. The van der Waals surface area contributed by atoms with Gasteiger partial charge < -0.3 is 0 Å². The lowest BCUT2D eigenvalue weighted by Gasteiger charge is -2.24. The summed E-state index contributed by atoms with van der Waals surface area (Å²) < 4.78 is 1.72. The normalized spacial score (nSPS) is 15.6. The van der Waals surface area contributed by atoms with Crippen LogP contribution in [0.25, 0.3) is 17.0 Å². The molecule has 0 saturated carbocycles. The van der Waals surface area contributed by atoms with E-state index in [4.69, 9.17) is 0 Å². The predicted molar refractivity (Wildman–Crippen MR) is 76.3 cm³/mol. The maximum atomic E-state index is 11.9. The van der Waals surface area contributed by atoms with Crippen LogP contribution >= 0.6 is 0 Å². The number of hydrogen-bond acceptors (Lipinski definition) is 3. The molecule has 1 fully saturated rings. The molecule has 1 saturated heterocycles. The van der Waals surface area contributed by atoms with Crippen LogP contribution in [0.4, 0.5) is 10.6 Å². The van der Waals surface area contributed by atoms with Gasteiger partial charge in [0.25, 0.3) is 0 Å². The van der Waals surface area contributed by atoms with Gasteiger partial charge in [0.15, 0.2) is 5.82 Å². The zero-order chi connectivity index (χ0) is 14.3. The Kier molecular flexibility index (Phi) is 2.78. The number of benzene rings is 1. The number of aryl methyl sites for hydroxylation is 1. The lowest BCUT2D eigenvalue weighted by molar-refractivity contribution is -0.120. The summed E-state index contributed by atoms with van der Waals surface area (Å²) in [5.41, 5.74) is 1.91.